The van der Waals surface area contributed by atoms with E-state index in [0.29, 0.717) is 11.0 Å². The Morgan fingerprint density at radius 1 is 1.07 bits per heavy atom. The molecule has 0 radical (unpaired) electrons. The van der Waals surface area contributed by atoms with E-state index >= 15 is 0 Å². The molecule has 0 saturated heterocycles. The number of hydrogen-bond donors (Lipinski definition) is 0. The first kappa shape index (κ1) is 18.6. The number of aryl methyl sites for hydroxylation is 1. The topological polar surface area (TPSA) is 65.7 Å². The number of aromatic nitrogens is 5. The lowest BCUT2D eigenvalue weighted by Crippen LogP contribution is -2.08. The lowest BCUT2D eigenvalue weighted by Gasteiger charge is -2.10. The van der Waals surface area contributed by atoms with Crippen molar-refractivity contribution in [3.05, 3.63) is 76.4 Å². The van der Waals surface area contributed by atoms with Crippen molar-refractivity contribution in [3.8, 4) is 5.88 Å². The Labute approximate surface area is 171 Å². The molecule has 4 aromatic rings. The van der Waals surface area contributed by atoms with Crippen LogP contribution >= 0.6 is 23.1 Å². The highest BCUT2D eigenvalue weighted by molar-refractivity contribution is 7.99. The van der Waals surface area contributed by atoms with E-state index in [9.17, 15) is 0 Å². The summed E-state index contributed by atoms with van der Waals surface area (Å²) in [6, 6.07) is 16.4. The first-order valence-corrected chi connectivity index (χ1v) is 10.5. The van der Waals surface area contributed by atoms with Crippen LogP contribution in [0, 0.1) is 0 Å². The molecular weight excluding hydrogens is 390 g/mol. The Kier molecular flexibility index (Phi) is 5.98. The standard InChI is InChI=1S/C20H19N5OS2/c1-26-18-9-11-21-19(22-18)28-20-24-23-17(14-16-8-5-13-27-16)25(20)12-10-15-6-3-2-4-7-15/h2-9,11,13H,10,12,14H2,1H3. The second-order valence-electron chi connectivity index (χ2n) is 6.03. The minimum absolute atomic E-state index is 0.534. The van der Waals surface area contributed by atoms with Crippen LogP contribution in [0.2, 0.25) is 0 Å². The molecule has 0 fully saturated rings. The maximum atomic E-state index is 5.20. The van der Waals surface area contributed by atoms with Crippen LogP contribution in [-0.2, 0) is 19.4 Å². The summed E-state index contributed by atoms with van der Waals surface area (Å²) in [5, 5.41) is 12.3. The van der Waals surface area contributed by atoms with E-state index < -0.39 is 0 Å². The summed E-state index contributed by atoms with van der Waals surface area (Å²) < 4.78 is 7.36. The van der Waals surface area contributed by atoms with Crippen molar-refractivity contribution in [1.82, 2.24) is 24.7 Å². The van der Waals surface area contributed by atoms with E-state index in [0.717, 1.165) is 30.4 Å². The van der Waals surface area contributed by atoms with E-state index in [4.69, 9.17) is 4.74 Å². The highest BCUT2D eigenvalue weighted by Gasteiger charge is 2.16. The molecular formula is C20H19N5OS2. The van der Waals surface area contributed by atoms with E-state index in [2.05, 4.69) is 66.5 Å². The van der Waals surface area contributed by atoms with Crippen LogP contribution in [0.3, 0.4) is 0 Å². The Hall–Kier alpha value is -2.71. The van der Waals surface area contributed by atoms with Crippen LogP contribution in [0.5, 0.6) is 5.88 Å². The lowest BCUT2D eigenvalue weighted by molar-refractivity contribution is 0.392. The molecule has 0 saturated carbocycles. The van der Waals surface area contributed by atoms with E-state index in [1.807, 2.05) is 6.07 Å². The fraction of sp³-hybridized carbons (Fsp3) is 0.200. The van der Waals surface area contributed by atoms with Crippen molar-refractivity contribution in [1.29, 1.82) is 0 Å². The largest absolute Gasteiger partial charge is 0.481 e. The maximum absolute atomic E-state index is 5.20. The van der Waals surface area contributed by atoms with Crippen LogP contribution in [0.4, 0.5) is 0 Å². The van der Waals surface area contributed by atoms with Crippen LogP contribution in [0.1, 0.15) is 16.3 Å². The van der Waals surface area contributed by atoms with Gasteiger partial charge in [0.2, 0.25) is 5.88 Å². The van der Waals surface area contributed by atoms with Crippen molar-refractivity contribution >= 4 is 23.1 Å². The minimum Gasteiger partial charge on any atom is -0.481 e. The quantitative estimate of drug-likeness (QED) is 0.408. The molecule has 0 aliphatic rings. The van der Waals surface area contributed by atoms with E-state index in [-0.39, 0.29) is 0 Å². The summed E-state index contributed by atoms with van der Waals surface area (Å²) in [6.07, 6.45) is 3.35. The second kappa shape index (κ2) is 8.99. The third kappa shape index (κ3) is 4.58. The van der Waals surface area contributed by atoms with Crippen LogP contribution in [-0.4, -0.2) is 31.8 Å². The predicted molar refractivity (Wildman–Crippen MR) is 110 cm³/mol. The zero-order valence-corrected chi connectivity index (χ0v) is 17.0. The average molecular weight is 410 g/mol. The van der Waals surface area contributed by atoms with Gasteiger partial charge in [-0.3, -0.25) is 0 Å². The van der Waals surface area contributed by atoms with E-state index in [1.165, 1.54) is 22.2 Å². The summed E-state index contributed by atoms with van der Waals surface area (Å²) in [7, 11) is 1.60. The molecule has 0 bridgehead atoms. The molecule has 0 atom stereocenters. The highest BCUT2D eigenvalue weighted by atomic mass is 32.2. The number of hydrogen-bond acceptors (Lipinski definition) is 7. The molecule has 3 aromatic heterocycles. The minimum atomic E-state index is 0.534. The van der Waals surface area contributed by atoms with Crippen molar-refractivity contribution in [2.24, 2.45) is 0 Å². The first-order chi connectivity index (χ1) is 13.8. The van der Waals surface area contributed by atoms with Gasteiger partial charge in [0.25, 0.3) is 0 Å². The van der Waals surface area contributed by atoms with Gasteiger partial charge >= 0.3 is 0 Å². The maximum Gasteiger partial charge on any atom is 0.217 e. The van der Waals surface area contributed by atoms with Gasteiger partial charge < -0.3 is 9.30 Å². The number of rotatable bonds is 8. The van der Waals surface area contributed by atoms with Gasteiger partial charge in [0.1, 0.15) is 5.82 Å². The van der Waals surface area contributed by atoms with Gasteiger partial charge in [0.15, 0.2) is 10.3 Å². The Morgan fingerprint density at radius 3 is 2.75 bits per heavy atom. The molecule has 4 rings (SSSR count). The van der Waals surface area contributed by atoms with Gasteiger partial charge in [0.05, 0.1) is 7.11 Å². The van der Waals surface area contributed by atoms with Crippen molar-refractivity contribution in [3.63, 3.8) is 0 Å². The summed E-state index contributed by atoms with van der Waals surface area (Å²) in [5.41, 5.74) is 1.28. The Morgan fingerprint density at radius 2 is 1.96 bits per heavy atom. The molecule has 28 heavy (non-hydrogen) atoms. The molecule has 0 spiro atoms. The summed E-state index contributed by atoms with van der Waals surface area (Å²) >= 11 is 3.13. The smallest absolute Gasteiger partial charge is 0.217 e. The number of thiophene rings is 1. The molecule has 1 aromatic carbocycles. The lowest BCUT2D eigenvalue weighted by atomic mass is 10.1. The van der Waals surface area contributed by atoms with Crippen molar-refractivity contribution in [2.45, 2.75) is 29.7 Å². The molecule has 0 aliphatic carbocycles. The van der Waals surface area contributed by atoms with E-state index in [1.54, 1.807) is 30.7 Å². The molecule has 0 amide bonds. The molecule has 0 aliphatic heterocycles. The van der Waals surface area contributed by atoms with Gasteiger partial charge in [-0.1, -0.05) is 36.4 Å². The number of ether oxygens (including phenoxy) is 1. The fourth-order valence-electron chi connectivity index (χ4n) is 2.77. The van der Waals surface area contributed by atoms with Crippen LogP contribution in [0.15, 0.2) is 70.4 Å². The van der Waals surface area contributed by atoms with Crippen molar-refractivity contribution < 1.29 is 4.74 Å². The highest BCUT2D eigenvalue weighted by Crippen LogP contribution is 2.26. The zero-order valence-electron chi connectivity index (χ0n) is 15.4. The first-order valence-electron chi connectivity index (χ1n) is 8.85. The predicted octanol–water partition coefficient (Wildman–Crippen LogP) is 4.12. The molecule has 8 heteroatoms. The van der Waals surface area contributed by atoms with Gasteiger partial charge in [-0.25, -0.2) is 4.98 Å². The molecule has 0 unspecified atom stereocenters. The normalized spacial score (nSPS) is 10.9. The third-order valence-electron chi connectivity index (χ3n) is 4.17. The Bertz CT molecular complexity index is 1020. The number of nitrogens with zero attached hydrogens (tertiary/aromatic N) is 5. The molecule has 3 heterocycles. The third-order valence-corrected chi connectivity index (χ3v) is 5.91. The van der Waals surface area contributed by atoms with Crippen LogP contribution in [0.25, 0.3) is 0 Å². The number of methoxy groups -OCH3 is 1. The monoisotopic (exact) mass is 409 g/mol. The summed E-state index contributed by atoms with van der Waals surface area (Å²) in [4.78, 5) is 9.97. The Balaban J connectivity index is 1.59. The van der Waals surface area contributed by atoms with Crippen LogP contribution < -0.4 is 4.74 Å². The average Bonchev–Trinajstić information content (AvgIpc) is 3.38. The molecule has 142 valence electrons. The van der Waals surface area contributed by atoms with Gasteiger partial charge in [-0.15, -0.1) is 21.5 Å². The summed E-state index contributed by atoms with van der Waals surface area (Å²) in [5.74, 6) is 1.48. The second-order valence-corrected chi connectivity index (χ2v) is 7.99. The molecule has 6 nitrogen and oxygen atoms in total. The zero-order chi connectivity index (χ0) is 19.2. The van der Waals surface area contributed by atoms with Gasteiger partial charge in [0, 0.05) is 30.1 Å². The fourth-order valence-corrected chi connectivity index (χ4v) is 4.28. The van der Waals surface area contributed by atoms with Crippen molar-refractivity contribution in [2.75, 3.05) is 7.11 Å². The van der Waals surface area contributed by atoms with Gasteiger partial charge in [-0.05, 0) is 35.2 Å². The SMILES string of the molecule is COc1ccnc(Sc2nnc(Cc3cccs3)n2CCc2ccccc2)n1. The number of benzene rings is 1. The molecule has 0 N–H and O–H groups in total. The van der Waals surface area contributed by atoms with Gasteiger partial charge in [-0.2, -0.15) is 4.98 Å². The summed E-state index contributed by atoms with van der Waals surface area (Å²) in [6.45, 7) is 0.796.